The minimum absolute atomic E-state index is 0.0769. The Labute approximate surface area is 120 Å². The van der Waals surface area contributed by atoms with Gasteiger partial charge in [0.25, 0.3) is 5.91 Å². The summed E-state index contributed by atoms with van der Waals surface area (Å²) in [7, 11) is 1.57. The molecule has 0 bridgehead atoms. The number of nitrogens with one attached hydrogen (secondary N) is 1. The first-order valence-corrected chi connectivity index (χ1v) is 7.61. The molecule has 1 saturated heterocycles. The van der Waals surface area contributed by atoms with E-state index in [9.17, 15) is 9.59 Å². The number of carbonyl (C=O) groups is 1. The molecule has 0 saturated carbocycles. The highest BCUT2D eigenvalue weighted by atomic mass is 32.1. The number of thiophene rings is 1. The zero-order valence-electron chi connectivity index (χ0n) is 11.3. The van der Waals surface area contributed by atoms with Crippen molar-refractivity contribution in [3.8, 4) is 0 Å². The zero-order valence-corrected chi connectivity index (χ0v) is 12.1. The summed E-state index contributed by atoms with van der Waals surface area (Å²) >= 11 is 1.25. The Bertz CT molecular complexity index is 698. The van der Waals surface area contributed by atoms with E-state index in [1.807, 2.05) is 0 Å². The fourth-order valence-corrected chi connectivity index (χ4v) is 3.38. The molecule has 1 N–H and O–H groups in total. The standard InChI is InChI=1S/C14H16N2O3S/c1-15-14(18)9-8-20-13-10(17)7-11(19-12(9)13)16-5-3-2-4-6-16/h7-8H,2-6H2,1H3,(H,15,18). The fourth-order valence-electron chi connectivity index (χ4n) is 2.49. The van der Waals surface area contributed by atoms with Gasteiger partial charge in [0.2, 0.25) is 5.43 Å². The summed E-state index contributed by atoms with van der Waals surface area (Å²) in [6.45, 7) is 1.79. The van der Waals surface area contributed by atoms with Crippen LogP contribution in [0.4, 0.5) is 5.88 Å². The third-order valence-electron chi connectivity index (χ3n) is 3.57. The first-order chi connectivity index (χ1) is 9.70. The van der Waals surface area contributed by atoms with E-state index in [2.05, 4.69) is 10.2 Å². The molecule has 0 spiro atoms. The summed E-state index contributed by atoms with van der Waals surface area (Å²) < 4.78 is 6.36. The van der Waals surface area contributed by atoms with Crippen LogP contribution in [-0.4, -0.2) is 26.0 Å². The first kappa shape index (κ1) is 13.2. The molecule has 2 aromatic heterocycles. The third kappa shape index (κ3) is 2.20. The monoisotopic (exact) mass is 292 g/mol. The molecular formula is C14H16N2O3S. The van der Waals surface area contributed by atoms with Crippen LogP contribution in [0.15, 0.2) is 20.7 Å². The van der Waals surface area contributed by atoms with Gasteiger partial charge in [0.1, 0.15) is 4.70 Å². The Hall–Kier alpha value is -1.82. The van der Waals surface area contributed by atoms with Gasteiger partial charge in [0, 0.05) is 31.6 Å². The van der Waals surface area contributed by atoms with E-state index >= 15 is 0 Å². The molecule has 5 nitrogen and oxygen atoms in total. The Morgan fingerprint density at radius 2 is 2.10 bits per heavy atom. The van der Waals surface area contributed by atoms with Crippen molar-refractivity contribution in [3.63, 3.8) is 0 Å². The quantitative estimate of drug-likeness (QED) is 0.921. The Kier molecular flexibility index (Phi) is 3.48. The molecule has 6 heteroatoms. The van der Waals surface area contributed by atoms with Gasteiger partial charge in [-0.2, -0.15) is 0 Å². The van der Waals surface area contributed by atoms with Crippen molar-refractivity contribution in [2.75, 3.05) is 25.0 Å². The van der Waals surface area contributed by atoms with Crippen LogP contribution in [-0.2, 0) is 0 Å². The smallest absolute Gasteiger partial charge is 0.255 e. The van der Waals surface area contributed by atoms with E-state index in [4.69, 9.17) is 4.42 Å². The van der Waals surface area contributed by atoms with Gasteiger partial charge in [-0.15, -0.1) is 11.3 Å². The molecule has 1 amide bonds. The van der Waals surface area contributed by atoms with Gasteiger partial charge in [0.15, 0.2) is 11.5 Å². The van der Waals surface area contributed by atoms with Gasteiger partial charge < -0.3 is 14.6 Å². The van der Waals surface area contributed by atoms with Gasteiger partial charge in [-0.25, -0.2) is 0 Å². The predicted molar refractivity (Wildman–Crippen MR) is 79.8 cm³/mol. The van der Waals surface area contributed by atoms with Gasteiger partial charge in [-0.3, -0.25) is 9.59 Å². The summed E-state index contributed by atoms with van der Waals surface area (Å²) in [5.74, 6) is 0.348. The Morgan fingerprint density at radius 1 is 1.35 bits per heavy atom. The van der Waals surface area contributed by atoms with Crippen molar-refractivity contribution in [2.24, 2.45) is 0 Å². The number of piperidine rings is 1. The number of rotatable bonds is 2. The average Bonchev–Trinajstić information content (AvgIpc) is 2.92. The van der Waals surface area contributed by atoms with E-state index in [1.165, 1.54) is 23.8 Å². The van der Waals surface area contributed by atoms with Crippen LogP contribution < -0.4 is 15.6 Å². The minimum Gasteiger partial charge on any atom is -0.439 e. The molecule has 0 atom stereocenters. The van der Waals surface area contributed by atoms with Crippen molar-refractivity contribution in [3.05, 3.63) is 27.2 Å². The topological polar surface area (TPSA) is 62.6 Å². The second-order valence-corrected chi connectivity index (χ2v) is 5.76. The SMILES string of the molecule is CNC(=O)c1csc2c(=O)cc(N3CCCCC3)oc12. The first-order valence-electron chi connectivity index (χ1n) is 6.73. The van der Waals surface area contributed by atoms with E-state index in [1.54, 1.807) is 12.4 Å². The fraction of sp³-hybridized carbons (Fsp3) is 0.429. The average molecular weight is 292 g/mol. The lowest BCUT2D eigenvalue weighted by atomic mass is 10.1. The maximum absolute atomic E-state index is 12.2. The number of hydrogen-bond donors (Lipinski definition) is 1. The summed E-state index contributed by atoms with van der Waals surface area (Å²) in [5, 5.41) is 4.25. The van der Waals surface area contributed by atoms with Gasteiger partial charge in [-0.05, 0) is 19.3 Å². The number of carbonyl (C=O) groups excluding carboxylic acids is 1. The number of nitrogens with zero attached hydrogens (tertiary/aromatic N) is 1. The van der Waals surface area contributed by atoms with Crippen LogP contribution in [0.1, 0.15) is 29.6 Å². The third-order valence-corrected chi connectivity index (χ3v) is 4.55. The molecule has 0 radical (unpaired) electrons. The molecule has 0 unspecified atom stereocenters. The van der Waals surface area contributed by atoms with E-state index in [0.29, 0.717) is 21.7 Å². The van der Waals surface area contributed by atoms with E-state index in [0.717, 1.165) is 25.9 Å². The lowest BCUT2D eigenvalue weighted by Crippen LogP contribution is -2.30. The second-order valence-electron chi connectivity index (χ2n) is 4.88. The van der Waals surface area contributed by atoms with Crippen LogP contribution in [0.2, 0.25) is 0 Å². The highest BCUT2D eigenvalue weighted by Gasteiger charge is 2.19. The molecule has 1 aliphatic heterocycles. The molecule has 1 aliphatic rings. The predicted octanol–water partition coefficient (Wildman–Crippen LogP) is 2.20. The van der Waals surface area contributed by atoms with Crippen molar-refractivity contribution in [2.45, 2.75) is 19.3 Å². The lowest BCUT2D eigenvalue weighted by Gasteiger charge is -2.26. The maximum Gasteiger partial charge on any atom is 0.255 e. The largest absolute Gasteiger partial charge is 0.439 e. The summed E-state index contributed by atoms with van der Waals surface area (Å²) in [4.78, 5) is 26.0. The van der Waals surface area contributed by atoms with Crippen molar-refractivity contribution < 1.29 is 9.21 Å². The number of fused-ring (bicyclic) bond motifs is 1. The Balaban J connectivity index is 2.11. The summed E-state index contributed by atoms with van der Waals surface area (Å²) in [5.41, 5.74) is 0.762. The van der Waals surface area contributed by atoms with Crippen LogP contribution in [0.5, 0.6) is 0 Å². The van der Waals surface area contributed by atoms with Crippen molar-refractivity contribution >= 4 is 33.4 Å². The van der Waals surface area contributed by atoms with Crippen LogP contribution >= 0.6 is 11.3 Å². The number of amides is 1. The molecule has 1 fully saturated rings. The van der Waals surface area contributed by atoms with E-state index < -0.39 is 0 Å². The van der Waals surface area contributed by atoms with Gasteiger partial charge in [0.05, 0.1) is 5.56 Å². The highest BCUT2D eigenvalue weighted by Crippen LogP contribution is 2.28. The molecule has 3 rings (SSSR count). The molecule has 3 heterocycles. The number of hydrogen-bond acceptors (Lipinski definition) is 5. The van der Waals surface area contributed by atoms with Crippen molar-refractivity contribution in [1.29, 1.82) is 0 Å². The van der Waals surface area contributed by atoms with Crippen molar-refractivity contribution in [1.82, 2.24) is 5.32 Å². The van der Waals surface area contributed by atoms with Crippen LogP contribution in [0.3, 0.4) is 0 Å². The zero-order chi connectivity index (χ0) is 14.1. The van der Waals surface area contributed by atoms with Crippen LogP contribution in [0, 0.1) is 0 Å². The Morgan fingerprint density at radius 3 is 2.80 bits per heavy atom. The van der Waals surface area contributed by atoms with Gasteiger partial charge in [-0.1, -0.05) is 0 Å². The highest BCUT2D eigenvalue weighted by molar-refractivity contribution is 7.17. The minimum atomic E-state index is -0.227. The molecular weight excluding hydrogens is 276 g/mol. The molecule has 20 heavy (non-hydrogen) atoms. The van der Waals surface area contributed by atoms with Crippen LogP contribution in [0.25, 0.3) is 10.3 Å². The molecule has 0 aromatic carbocycles. The second kappa shape index (κ2) is 5.28. The lowest BCUT2D eigenvalue weighted by molar-refractivity contribution is 0.0964. The summed E-state index contributed by atoms with van der Waals surface area (Å²) in [6.07, 6.45) is 3.42. The molecule has 0 aliphatic carbocycles. The molecule has 106 valence electrons. The van der Waals surface area contributed by atoms with E-state index in [-0.39, 0.29) is 11.3 Å². The maximum atomic E-state index is 12.2. The summed E-state index contributed by atoms with van der Waals surface area (Å²) in [6, 6.07) is 1.54. The molecule has 2 aromatic rings. The number of anilines is 1. The normalized spacial score (nSPS) is 15.6. The van der Waals surface area contributed by atoms with Gasteiger partial charge >= 0.3 is 0 Å².